The van der Waals surface area contributed by atoms with Crippen molar-refractivity contribution in [1.82, 2.24) is 9.97 Å². The fourth-order valence-corrected chi connectivity index (χ4v) is 6.17. The van der Waals surface area contributed by atoms with Crippen molar-refractivity contribution < 1.29 is 14.6 Å². The van der Waals surface area contributed by atoms with Crippen molar-refractivity contribution >= 4 is 29.0 Å². The fourth-order valence-electron chi connectivity index (χ4n) is 6.17. The standard InChI is InChI=1S/C25H34N6O3/c1-14-5-15-7-16(6-14)10-25(2,9-15)31-23-19(22(26)33)12-28-24(30-23)29-17-3-4-21-20(8-17)27-11-18(32)13-34-21/h3-4,8,12,14-16,18,27,32H,5-7,9-11,13H2,1-2H3,(H2,26,33)(H2,28,29,30,31). The summed E-state index contributed by atoms with van der Waals surface area (Å²) in [5, 5.41) is 19.8. The third-order valence-electron chi connectivity index (χ3n) is 7.29. The smallest absolute Gasteiger partial charge is 0.254 e. The van der Waals surface area contributed by atoms with Gasteiger partial charge in [-0.05, 0) is 75.0 Å². The molecule has 0 saturated heterocycles. The zero-order valence-electron chi connectivity index (χ0n) is 19.8. The topological polar surface area (TPSA) is 134 Å². The van der Waals surface area contributed by atoms with E-state index in [2.05, 4.69) is 39.8 Å². The monoisotopic (exact) mass is 466 g/mol. The van der Waals surface area contributed by atoms with Crippen LogP contribution in [0.25, 0.3) is 0 Å². The first-order chi connectivity index (χ1) is 16.3. The quantitative estimate of drug-likeness (QED) is 0.452. The summed E-state index contributed by atoms with van der Waals surface area (Å²) in [5.41, 5.74) is 7.35. The SMILES string of the molecule is CC1CC2CC(C1)CC(C)(Nc1nc(Nc3ccc4c(c3)NCC(O)CO4)ncc1C(N)=O)C2. The Hall–Kier alpha value is -3.07. The molecule has 9 heteroatoms. The lowest BCUT2D eigenvalue weighted by atomic mass is 9.62. The van der Waals surface area contributed by atoms with Gasteiger partial charge in [0.2, 0.25) is 5.95 Å². The van der Waals surface area contributed by atoms with E-state index in [4.69, 9.17) is 10.5 Å². The lowest BCUT2D eigenvalue weighted by molar-refractivity contribution is 0.0995. The number of nitrogens with zero attached hydrogens (tertiary/aromatic N) is 2. The molecule has 2 heterocycles. The second-order valence-corrected chi connectivity index (χ2v) is 10.6. The summed E-state index contributed by atoms with van der Waals surface area (Å²) in [6.45, 7) is 5.25. The number of aliphatic hydroxyl groups excluding tert-OH is 1. The molecule has 182 valence electrons. The van der Waals surface area contributed by atoms with Crippen LogP contribution in [-0.4, -0.2) is 45.8 Å². The third-order valence-corrected chi connectivity index (χ3v) is 7.29. The molecule has 2 fully saturated rings. The summed E-state index contributed by atoms with van der Waals surface area (Å²) in [4.78, 5) is 21.1. The molecule has 2 bridgehead atoms. The maximum Gasteiger partial charge on any atom is 0.254 e. The second kappa shape index (κ2) is 8.94. The Morgan fingerprint density at radius 2 is 2.03 bits per heavy atom. The molecular weight excluding hydrogens is 432 g/mol. The van der Waals surface area contributed by atoms with E-state index in [1.165, 1.54) is 25.5 Å². The van der Waals surface area contributed by atoms with Crippen LogP contribution in [0, 0.1) is 17.8 Å². The van der Waals surface area contributed by atoms with Gasteiger partial charge in [-0.3, -0.25) is 4.79 Å². The Kier molecular flexibility index (Phi) is 5.97. The number of nitrogens with two attached hydrogens (primary N) is 1. The van der Waals surface area contributed by atoms with Crippen molar-refractivity contribution in [2.75, 3.05) is 29.1 Å². The van der Waals surface area contributed by atoms with E-state index in [0.717, 1.165) is 30.1 Å². The van der Waals surface area contributed by atoms with Crippen LogP contribution >= 0.6 is 0 Å². The van der Waals surface area contributed by atoms with Crippen molar-refractivity contribution in [2.24, 2.45) is 23.5 Å². The van der Waals surface area contributed by atoms with Crippen LogP contribution in [-0.2, 0) is 0 Å². The number of fused-ring (bicyclic) bond motifs is 3. The molecular formula is C25H34N6O3. The molecule has 34 heavy (non-hydrogen) atoms. The maximum absolute atomic E-state index is 12.1. The summed E-state index contributed by atoms with van der Waals surface area (Å²) in [5.74, 6) is 3.16. The fraction of sp³-hybridized carbons (Fsp3) is 0.560. The highest BCUT2D eigenvalue weighted by Crippen LogP contribution is 2.47. The molecule has 3 aliphatic rings. The molecule has 2 aliphatic carbocycles. The number of hydrogen-bond donors (Lipinski definition) is 5. The molecule has 1 aliphatic heterocycles. The number of anilines is 4. The van der Waals surface area contributed by atoms with Gasteiger partial charge in [0.1, 0.15) is 24.3 Å². The maximum atomic E-state index is 12.1. The van der Waals surface area contributed by atoms with Crippen molar-refractivity contribution in [3.8, 4) is 5.75 Å². The molecule has 0 spiro atoms. The van der Waals surface area contributed by atoms with Gasteiger partial charge in [-0.15, -0.1) is 0 Å². The van der Waals surface area contributed by atoms with Crippen LogP contribution in [0.4, 0.5) is 23.1 Å². The summed E-state index contributed by atoms with van der Waals surface area (Å²) >= 11 is 0. The van der Waals surface area contributed by atoms with Crippen LogP contribution in [0.2, 0.25) is 0 Å². The first-order valence-electron chi connectivity index (χ1n) is 12.2. The number of β-amino-alcohol motifs (C(OH)–C–C–N with tert-alkyl or cyclic N) is 1. The van der Waals surface area contributed by atoms with E-state index in [-0.39, 0.29) is 12.1 Å². The first kappa shape index (κ1) is 22.7. The highest BCUT2D eigenvalue weighted by atomic mass is 16.5. The van der Waals surface area contributed by atoms with Crippen LogP contribution in [0.15, 0.2) is 24.4 Å². The van der Waals surface area contributed by atoms with Gasteiger partial charge in [0, 0.05) is 24.0 Å². The highest BCUT2D eigenvalue weighted by Gasteiger charge is 2.41. The Balaban J connectivity index is 1.37. The van der Waals surface area contributed by atoms with E-state index >= 15 is 0 Å². The molecule has 3 unspecified atom stereocenters. The summed E-state index contributed by atoms with van der Waals surface area (Å²) in [6, 6.07) is 5.58. The van der Waals surface area contributed by atoms with Gasteiger partial charge in [0.15, 0.2) is 0 Å². The van der Waals surface area contributed by atoms with Crippen molar-refractivity contribution in [3.63, 3.8) is 0 Å². The summed E-state index contributed by atoms with van der Waals surface area (Å²) in [6.07, 6.45) is 6.86. The minimum Gasteiger partial charge on any atom is -0.489 e. The predicted octanol–water partition coefficient (Wildman–Crippen LogP) is 3.50. The van der Waals surface area contributed by atoms with Crippen molar-refractivity contribution in [2.45, 2.75) is 57.6 Å². The van der Waals surface area contributed by atoms with E-state index in [9.17, 15) is 9.90 Å². The molecule has 6 N–H and O–H groups in total. The number of carbonyl (C=O) groups is 1. The van der Waals surface area contributed by atoms with E-state index < -0.39 is 12.0 Å². The second-order valence-electron chi connectivity index (χ2n) is 10.6. The molecule has 9 nitrogen and oxygen atoms in total. The number of aliphatic hydroxyl groups is 1. The molecule has 3 atom stereocenters. The number of hydrogen-bond acceptors (Lipinski definition) is 8. The first-order valence-corrected chi connectivity index (χ1v) is 12.2. The minimum atomic E-state index is -0.564. The number of primary amides is 1. The Morgan fingerprint density at radius 3 is 2.76 bits per heavy atom. The molecule has 0 radical (unpaired) electrons. The van der Waals surface area contributed by atoms with Crippen LogP contribution in [0.1, 0.15) is 56.3 Å². The zero-order chi connectivity index (χ0) is 23.9. The number of carbonyl (C=O) groups excluding carboxylic acids is 1. The number of rotatable bonds is 5. The molecule has 2 aromatic rings. The molecule has 1 amide bonds. The average Bonchev–Trinajstić information content (AvgIpc) is 2.93. The largest absolute Gasteiger partial charge is 0.489 e. The van der Waals surface area contributed by atoms with Crippen LogP contribution in [0.5, 0.6) is 5.75 Å². The predicted molar refractivity (Wildman–Crippen MR) is 132 cm³/mol. The van der Waals surface area contributed by atoms with Gasteiger partial charge in [-0.25, -0.2) is 4.98 Å². The van der Waals surface area contributed by atoms with Crippen molar-refractivity contribution in [3.05, 3.63) is 30.0 Å². The van der Waals surface area contributed by atoms with Crippen LogP contribution in [0.3, 0.4) is 0 Å². The van der Waals surface area contributed by atoms with E-state index in [0.29, 0.717) is 41.5 Å². The van der Waals surface area contributed by atoms with Crippen LogP contribution < -0.4 is 26.4 Å². The van der Waals surface area contributed by atoms with Crippen molar-refractivity contribution in [1.29, 1.82) is 0 Å². The number of amides is 1. The molecule has 2 saturated carbocycles. The molecule has 1 aromatic heterocycles. The van der Waals surface area contributed by atoms with E-state index in [1.807, 2.05) is 18.2 Å². The number of benzene rings is 1. The average molecular weight is 467 g/mol. The summed E-state index contributed by atoms with van der Waals surface area (Å²) in [7, 11) is 0. The van der Waals surface area contributed by atoms with Gasteiger partial charge in [-0.2, -0.15) is 4.98 Å². The highest BCUT2D eigenvalue weighted by molar-refractivity contribution is 5.97. The number of ether oxygens (including phenoxy) is 1. The Morgan fingerprint density at radius 1 is 1.26 bits per heavy atom. The van der Waals surface area contributed by atoms with Gasteiger partial charge in [0.25, 0.3) is 5.91 Å². The Labute approximate surface area is 199 Å². The van der Waals surface area contributed by atoms with Gasteiger partial charge >= 0.3 is 0 Å². The lowest BCUT2D eigenvalue weighted by Crippen LogP contribution is -2.46. The van der Waals surface area contributed by atoms with Gasteiger partial charge in [-0.1, -0.05) is 6.92 Å². The zero-order valence-corrected chi connectivity index (χ0v) is 19.8. The van der Waals surface area contributed by atoms with Gasteiger partial charge < -0.3 is 31.5 Å². The lowest BCUT2D eigenvalue weighted by Gasteiger charge is -2.47. The molecule has 1 aromatic carbocycles. The normalized spacial score (nSPS) is 30.2. The Bertz CT molecular complexity index is 1060. The number of nitrogens with one attached hydrogen (secondary N) is 3. The van der Waals surface area contributed by atoms with E-state index in [1.54, 1.807) is 0 Å². The number of aromatic nitrogens is 2. The third kappa shape index (κ3) is 4.89. The summed E-state index contributed by atoms with van der Waals surface area (Å²) < 4.78 is 5.63. The minimum absolute atomic E-state index is 0.143. The molecule has 5 rings (SSSR count). The van der Waals surface area contributed by atoms with Gasteiger partial charge in [0.05, 0.1) is 11.3 Å².